The van der Waals surface area contributed by atoms with Gasteiger partial charge in [-0.25, -0.2) is 0 Å². The molecule has 2 aromatic rings. The molecule has 0 bridgehead atoms. The van der Waals surface area contributed by atoms with Crippen LogP contribution in [-0.4, -0.2) is 9.78 Å². The SMILES string of the molecule is CCCn1cc(Oc2cccc(C(C)N)c2)cn1. The molecule has 1 atom stereocenters. The molecule has 0 radical (unpaired) electrons. The number of nitrogens with zero attached hydrogens (tertiary/aromatic N) is 2. The van der Waals surface area contributed by atoms with Gasteiger partial charge in [0.1, 0.15) is 5.75 Å². The standard InChI is InChI=1S/C14H19N3O/c1-3-7-17-10-14(9-16-17)18-13-6-4-5-12(8-13)11(2)15/h4-6,8-11H,3,7,15H2,1-2H3. The summed E-state index contributed by atoms with van der Waals surface area (Å²) in [6.07, 6.45) is 4.69. The number of nitrogens with two attached hydrogens (primary N) is 1. The molecule has 0 spiro atoms. The van der Waals surface area contributed by atoms with E-state index in [1.165, 1.54) is 0 Å². The Labute approximate surface area is 107 Å². The van der Waals surface area contributed by atoms with Gasteiger partial charge >= 0.3 is 0 Å². The number of aromatic nitrogens is 2. The maximum absolute atomic E-state index is 5.85. The first-order valence-corrected chi connectivity index (χ1v) is 6.25. The van der Waals surface area contributed by atoms with Crippen molar-refractivity contribution >= 4 is 0 Å². The molecule has 0 saturated carbocycles. The number of hydrogen-bond acceptors (Lipinski definition) is 3. The van der Waals surface area contributed by atoms with Crippen LogP contribution in [0.25, 0.3) is 0 Å². The Hall–Kier alpha value is -1.81. The van der Waals surface area contributed by atoms with Crippen molar-refractivity contribution in [3.8, 4) is 11.5 Å². The lowest BCUT2D eigenvalue weighted by Gasteiger charge is -2.08. The smallest absolute Gasteiger partial charge is 0.165 e. The topological polar surface area (TPSA) is 53.1 Å². The zero-order chi connectivity index (χ0) is 13.0. The maximum atomic E-state index is 5.85. The molecular weight excluding hydrogens is 226 g/mol. The van der Waals surface area contributed by atoms with Gasteiger partial charge in [0, 0.05) is 12.6 Å². The van der Waals surface area contributed by atoms with Crippen LogP contribution in [0.5, 0.6) is 11.5 Å². The van der Waals surface area contributed by atoms with Gasteiger partial charge in [-0.1, -0.05) is 19.1 Å². The molecule has 0 aliphatic carbocycles. The van der Waals surface area contributed by atoms with E-state index in [-0.39, 0.29) is 6.04 Å². The highest BCUT2D eigenvalue weighted by atomic mass is 16.5. The van der Waals surface area contributed by atoms with E-state index < -0.39 is 0 Å². The van der Waals surface area contributed by atoms with Crippen LogP contribution in [0.4, 0.5) is 0 Å². The van der Waals surface area contributed by atoms with Gasteiger partial charge < -0.3 is 10.5 Å². The monoisotopic (exact) mass is 245 g/mol. The van der Waals surface area contributed by atoms with Crippen molar-refractivity contribution in [1.82, 2.24) is 9.78 Å². The highest BCUT2D eigenvalue weighted by Gasteiger charge is 2.04. The molecule has 1 unspecified atom stereocenters. The van der Waals surface area contributed by atoms with Crippen LogP contribution in [0.1, 0.15) is 31.9 Å². The van der Waals surface area contributed by atoms with E-state index in [2.05, 4.69) is 12.0 Å². The highest BCUT2D eigenvalue weighted by molar-refractivity contribution is 5.33. The van der Waals surface area contributed by atoms with Gasteiger partial charge in [-0.05, 0) is 31.0 Å². The van der Waals surface area contributed by atoms with Gasteiger partial charge in [-0.15, -0.1) is 0 Å². The Balaban J connectivity index is 2.10. The fourth-order valence-electron chi connectivity index (χ4n) is 1.75. The van der Waals surface area contributed by atoms with E-state index in [1.54, 1.807) is 6.20 Å². The van der Waals surface area contributed by atoms with Crippen LogP contribution in [0.2, 0.25) is 0 Å². The average Bonchev–Trinajstić information content (AvgIpc) is 2.77. The Morgan fingerprint density at radius 2 is 2.22 bits per heavy atom. The number of ether oxygens (including phenoxy) is 1. The quantitative estimate of drug-likeness (QED) is 0.880. The predicted octanol–water partition coefficient (Wildman–Crippen LogP) is 3.11. The van der Waals surface area contributed by atoms with Crippen molar-refractivity contribution in [3.05, 3.63) is 42.2 Å². The van der Waals surface area contributed by atoms with E-state index in [1.807, 2.05) is 42.1 Å². The number of benzene rings is 1. The molecule has 0 aliphatic heterocycles. The minimum atomic E-state index is 0.0105. The molecule has 4 heteroatoms. The van der Waals surface area contributed by atoms with Gasteiger partial charge in [-0.2, -0.15) is 5.10 Å². The van der Waals surface area contributed by atoms with Gasteiger partial charge in [0.25, 0.3) is 0 Å². The molecule has 2 N–H and O–H groups in total. The summed E-state index contributed by atoms with van der Waals surface area (Å²) in [6.45, 7) is 4.98. The van der Waals surface area contributed by atoms with Crippen molar-refractivity contribution in [1.29, 1.82) is 0 Å². The summed E-state index contributed by atoms with van der Waals surface area (Å²) in [5, 5.41) is 4.23. The number of hydrogen-bond donors (Lipinski definition) is 1. The normalized spacial score (nSPS) is 12.4. The second kappa shape index (κ2) is 5.69. The Bertz CT molecular complexity index is 505. The molecule has 1 aromatic carbocycles. The summed E-state index contributed by atoms with van der Waals surface area (Å²) >= 11 is 0. The third-order valence-corrected chi connectivity index (χ3v) is 2.68. The zero-order valence-corrected chi connectivity index (χ0v) is 10.8. The van der Waals surface area contributed by atoms with E-state index in [9.17, 15) is 0 Å². The van der Waals surface area contributed by atoms with Crippen molar-refractivity contribution in [2.45, 2.75) is 32.9 Å². The second-order valence-electron chi connectivity index (χ2n) is 4.40. The Kier molecular flexibility index (Phi) is 3.99. The van der Waals surface area contributed by atoms with Crippen LogP contribution < -0.4 is 10.5 Å². The van der Waals surface area contributed by atoms with Gasteiger partial charge in [0.05, 0.1) is 12.4 Å². The number of rotatable bonds is 5. The van der Waals surface area contributed by atoms with Crippen molar-refractivity contribution in [2.24, 2.45) is 5.73 Å². The van der Waals surface area contributed by atoms with Gasteiger partial charge in [0.15, 0.2) is 5.75 Å². The van der Waals surface area contributed by atoms with Crippen molar-refractivity contribution < 1.29 is 4.74 Å². The molecule has 0 amide bonds. The minimum Gasteiger partial charge on any atom is -0.454 e. The van der Waals surface area contributed by atoms with Crippen LogP contribution in [-0.2, 0) is 6.54 Å². The summed E-state index contributed by atoms with van der Waals surface area (Å²) in [5.74, 6) is 1.55. The fourth-order valence-corrected chi connectivity index (χ4v) is 1.75. The summed E-state index contributed by atoms with van der Waals surface area (Å²) in [5.41, 5.74) is 6.91. The molecule has 18 heavy (non-hydrogen) atoms. The molecule has 1 heterocycles. The average molecular weight is 245 g/mol. The molecule has 0 fully saturated rings. The zero-order valence-electron chi connectivity index (χ0n) is 10.8. The summed E-state index contributed by atoms with van der Waals surface area (Å²) in [6, 6.07) is 7.84. The van der Waals surface area contributed by atoms with Crippen LogP contribution in [0.15, 0.2) is 36.7 Å². The summed E-state index contributed by atoms with van der Waals surface area (Å²) in [4.78, 5) is 0. The molecule has 1 aromatic heterocycles. The molecule has 2 rings (SSSR count). The lowest BCUT2D eigenvalue weighted by Crippen LogP contribution is -2.04. The lowest BCUT2D eigenvalue weighted by molar-refractivity contribution is 0.479. The first kappa shape index (κ1) is 12.6. The van der Waals surface area contributed by atoms with E-state index >= 15 is 0 Å². The first-order chi connectivity index (χ1) is 8.69. The molecule has 4 nitrogen and oxygen atoms in total. The van der Waals surface area contributed by atoms with Gasteiger partial charge in [-0.3, -0.25) is 4.68 Å². The summed E-state index contributed by atoms with van der Waals surface area (Å²) in [7, 11) is 0. The Morgan fingerprint density at radius 1 is 1.39 bits per heavy atom. The molecule has 0 aliphatic rings. The molecule has 96 valence electrons. The Morgan fingerprint density at radius 3 is 2.94 bits per heavy atom. The lowest BCUT2D eigenvalue weighted by atomic mass is 10.1. The molecular formula is C14H19N3O. The largest absolute Gasteiger partial charge is 0.454 e. The highest BCUT2D eigenvalue weighted by Crippen LogP contribution is 2.23. The first-order valence-electron chi connectivity index (χ1n) is 6.25. The third kappa shape index (κ3) is 3.11. The number of aryl methyl sites for hydroxylation is 1. The van der Waals surface area contributed by atoms with Crippen molar-refractivity contribution in [3.63, 3.8) is 0 Å². The van der Waals surface area contributed by atoms with E-state index in [0.717, 1.165) is 30.0 Å². The maximum Gasteiger partial charge on any atom is 0.165 e. The van der Waals surface area contributed by atoms with Crippen LogP contribution >= 0.6 is 0 Å². The summed E-state index contributed by atoms with van der Waals surface area (Å²) < 4.78 is 7.64. The predicted molar refractivity (Wildman–Crippen MR) is 71.6 cm³/mol. The fraction of sp³-hybridized carbons (Fsp3) is 0.357. The van der Waals surface area contributed by atoms with Crippen LogP contribution in [0, 0.1) is 0 Å². The van der Waals surface area contributed by atoms with Crippen LogP contribution in [0.3, 0.4) is 0 Å². The van der Waals surface area contributed by atoms with E-state index in [4.69, 9.17) is 10.5 Å². The van der Waals surface area contributed by atoms with Crippen molar-refractivity contribution in [2.75, 3.05) is 0 Å². The van der Waals surface area contributed by atoms with Gasteiger partial charge in [0.2, 0.25) is 0 Å². The van der Waals surface area contributed by atoms with E-state index in [0.29, 0.717) is 0 Å². The minimum absolute atomic E-state index is 0.0105. The molecule has 0 saturated heterocycles. The second-order valence-corrected chi connectivity index (χ2v) is 4.40. The third-order valence-electron chi connectivity index (χ3n) is 2.68.